The van der Waals surface area contributed by atoms with Crippen LogP contribution in [0, 0.1) is 18.8 Å². The summed E-state index contributed by atoms with van der Waals surface area (Å²) in [6.07, 6.45) is 2.75. The molecule has 3 aliphatic rings. The molecule has 3 heterocycles. The monoisotopic (exact) mass is 356 g/mol. The van der Waals surface area contributed by atoms with Crippen molar-refractivity contribution in [3.63, 3.8) is 0 Å². The first kappa shape index (κ1) is 17.2. The second-order valence-electron chi connectivity index (χ2n) is 7.43. The van der Waals surface area contributed by atoms with Gasteiger partial charge in [0.05, 0.1) is 18.1 Å². The molecular formula is C20H24N2O4. The van der Waals surface area contributed by atoms with Gasteiger partial charge in [-0.2, -0.15) is 0 Å². The average molecular weight is 356 g/mol. The van der Waals surface area contributed by atoms with Gasteiger partial charge in [0.1, 0.15) is 5.92 Å². The predicted molar refractivity (Wildman–Crippen MR) is 95.5 cm³/mol. The molecule has 0 spiro atoms. The zero-order chi connectivity index (χ0) is 18.3. The van der Waals surface area contributed by atoms with Crippen LogP contribution in [0.15, 0.2) is 36.4 Å². The summed E-state index contributed by atoms with van der Waals surface area (Å²) in [5, 5.41) is 9.49. The van der Waals surface area contributed by atoms with Gasteiger partial charge in [-0.05, 0) is 12.5 Å². The van der Waals surface area contributed by atoms with Crippen molar-refractivity contribution in [2.24, 2.45) is 11.8 Å². The zero-order valence-electron chi connectivity index (χ0n) is 14.9. The minimum atomic E-state index is -0.946. The molecule has 4 atom stereocenters. The second kappa shape index (κ2) is 6.85. The molecule has 3 aliphatic heterocycles. The first-order valence-corrected chi connectivity index (χ1v) is 9.16. The van der Waals surface area contributed by atoms with Gasteiger partial charge in [-0.1, -0.05) is 42.0 Å². The molecule has 6 nitrogen and oxygen atoms in total. The summed E-state index contributed by atoms with van der Waals surface area (Å²) in [7, 11) is 0. The maximum Gasteiger partial charge on any atom is 0.310 e. The van der Waals surface area contributed by atoms with E-state index >= 15 is 0 Å². The molecule has 0 aromatic heterocycles. The number of hydrogen-bond donors (Lipinski definition) is 1. The van der Waals surface area contributed by atoms with Gasteiger partial charge >= 0.3 is 5.97 Å². The molecule has 2 fully saturated rings. The lowest BCUT2D eigenvalue weighted by molar-refractivity contribution is -0.150. The normalized spacial score (nSPS) is 30.7. The molecule has 1 N–H and O–H groups in total. The van der Waals surface area contributed by atoms with Crippen LogP contribution in [-0.2, 0) is 20.9 Å². The van der Waals surface area contributed by atoms with Crippen LogP contribution in [0.25, 0.3) is 0 Å². The van der Waals surface area contributed by atoms with E-state index in [-0.39, 0.29) is 12.0 Å². The topological polar surface area (TPSA) is 70.1 Å². The largest absolute Gasteiger partial charge is 0.481 e. The van der Waals surface area contributed by atoms with Crippen LogP contribution in [0.3, 0.4) is 0 Å². The van der Waals surface area contributed by atoms with Crippen molar-refractivity contribution in [3.05, 3.63) is 47.5 Å². The molecule has 2 saturated heterocycles. The lowest BCUT2D eigenvalue weighted by Crippen LogP contribution is -2.52. The Labute approximate surface area is 153 Å². The Morgan fingerprint density at radius 2 is 1.65 bits per heavy atom. The Morgan fingerprint density at radius 3 is 2.27 bits per heavy atom. The fraction of sp³-hybridized carbons (Fsp3) is 0.500. The van der Waals surface area contributed by atoms with Gasteiger partial charge in [0.25, 0.3) is 0 Å². The summed E-state index contributed by atoms with van der Waals surface area (Å²) >= 11 is 0. The van der Waals surface area contributed by atoms with Crippen molar-refractivity contribution in [1.82, 2.24) is 9.80 Å². The number of fused-ring (bicyclic) bond motifs is 2. The number of carboxylic acid groups (broad SMARTS) is 1. The summed E-state index contributed by atoms with van der Waals surface area (Å²) in [6, 6.07) is 8.51. The van der Waals surface area contributed by atoms with E-state index in [1.807, 2.05) is 11.0 Å². The number of carboxylic acids is 1. The van der Waals surface area contributed by atoms with Crippen molar-refractivity contribution >= 4 is 11.9 Å². The lowest BCUT2D eigenvalue weighted by Gasteiger charge is -2.37. The van der Waals surface area contributed by atoms with Gasteiger partial charge in [0, 0.05) is 32.7 Å². The van der Waals surface area contributed by atoms with E-state index < -0.39 is 23.9 Å². The third-order valence-electron chi connectivity index (χ3n) is 5.68. The van der Waals surface area contributed by atoms with Gasteiger partial charge in [-0.25, -0.2) is 0 Å². The van der Waals surface area contributed by atoms with Crippen LogP contribution in [0.5, 0.6) is 0 Å². The van der Waals surface area contributed by atoms with Crippen LogP contribution in [0.4, 0.5) is 0 Å². The molecule has 0 aliphatic carbocycles. The molecule has 1 aromatic rings. The third kappa shape index (κ3) is 3.15. The van der Waals surface area contributed by atoms with E-state index in [4.69, 9.17) is 4.74 Å². The molecule has 138 valence electrons. The highest BCUT2D eigenvalue weighted by molar-refractivity contribution is 5.87. The van der Waals surface area contributed by atoms with Gasteiger partial charge in [-0.3, -0.25) is 14.5 Å². The van der Waals surface area contributed by atoms with E-state index in [2.05, 4.69) is 36.1 Å². The number of carbonyl (C=O) groups is 2. The van der Waals surface area contributed by atoms with Crippen molar-refractivity contribution < 1.29 is 19.4 Å². The van der Waals surface area contributed by atoms with Crippen LogP contribution in [-0.4, -0.2) is 65.2 Å². The maximum atomic E-state index is 12.9. The molecule has 4 rings (SSSR count). The SMILES string of the molecule is Cc1ccc(CN2CCN(C(=O)[C@@H]3[C@@H](C(=O)O)[C@@H]4C=C[C@@H]3O4)CC2)cc1. The van der Waals surface area contributed by atoms with E-state index in [0.717, 1.165) is 19.6 Å². The van der Waals surface area contributed by atoms with Gasteiger partial charge in [0.15, 0.2) is 0 Å². The van der Waals surface area contributed by atoms with E-state index in [9.17, 15) is 14.7 Å². The Hall–Kier alpha value is -2.18. The summed E-state index contributed by atoms with van der Waals surface area (Å²) < 4.78 is 5.63. The standard InChI is InChI=1S/C20H24N2O4/c1-13-2-4-14(5-3-13)12-21-8-10-22(11-9-21)19(23)17-15-6-7-16(26-15)18(17)20(24)25/h2-7,15-18H,8-12H2,1H3,(H,24,25)/t15-,16-,17-,18-/m0/s1. The summed E-state index contributed by atoms with van der Waals surface area (Å²) in [5.74, 6) is -2.38. The Morgan fingerprint density at radius 1 is 1.04 bits per heavy atom. The van der Waals surface area contributed by atoms with Crippen molar-refractivity contribution in [2.75, 3.05) is 26.2 Å². The summed E-state index contributed by atoms with van der Waals surface area (Å²) in [4.78, 5) is 28.7. The molecule has 26 heavy (non-hydrogen) atoms. The summed E-state index contributed by atoms with van der Waals surface area (Å²) in [5.41, 5.74) is 2.52. The number of nitrogens with zero attached hydrogens (tertiary/aromatic N) is 2. The minimum absolute atomic E-state index is 0.0794. The van der Waals surface area contributed by atoms with E-state index in [0.29, 0.717) is 13.1 Å². The zero-order valence-corrected chi connectivity index (χ0v) is 14.9. The van der Waals surface area contributed by atoms with Gasteiger partial charge in [0.2, 0.25) is 5.91 Å². The Bertz CT molecular complexity index is 722. The predicted octanol–water partition coefficient (Wildman–Crippen LogP) is 1.29. The van der Waals surface area contributed by atoms with Crippen molar-refractivity contribution in [3.8, 4) is 0 Å². The average Bonchev–Trinajstić information content (AvgIpc) is 3.25. The van der Waals surface area contributed by atoms with E-state index in [1.54, 1.807) is 6.08 Å². The number of aryl methyl sites for hydroxylation is 1. The van der Waals surface area contributed by atoms with Crippen LogP contribution >= 0.6 is 0 Å². The fourth-order valence-electron chi connectivity index (χ4n) is 4.19. The number of benzene rings is 1. The number of carbonyl (C=O) groups excluding carboxylic acids is 1. The molecule has 1 amide bonds. The van der Waals surface area contributed by atoms with Gasteiger partial charge < -0.3 is 14.7 Å². The number of aliphatic carboxylic acids is 1. The van der Waals surface area contributed by atoms with Crippen molar-refractivity contribution in [2.45, 2.75) is 25.7 Å². The Balaban J connectivity index is 1.36. The first-order chi connectivity index (χ1) is 12.5. The minimum Gasteiger partial charge on any atom is -0.481 e. The number of ether oxygens (including phenoxy) is 1. The molecule has 6 heteroatoms. The fourth-order valence-corrected chi connectivity index (χ4v) is 4.19. The van der Waals surface area contributed by atoms with Crippen LogP contribution in [0.2, 0.25) is 0 Å². The lowest BCUT2D eigenvalue weighted by atomic mass is 9.82. The summed E-state index contributed by atoms with van der Waals surface area (Å²) in [6.45, 7) is 5.82. The third-order valence-corrected chi connectivity index (χ3v) is 5.68. The maximum absolute atomic E-state index is 12.9. The van der Waals surface area contributed by atoms with E-state index in [1.165, 1.54) is 11.1 Å². The number of amides is 1. The smallest absolute Gasteiger partial charge is 0.310 e. The van der Waals surface area contributed by atoms with Crippen molar-refractivity contribution in [1.29, 1.82) is 0 Å². The molecule has 0 radical (unpaired) electrons. The number of hydrogen-bond acceptors (Lipinski definition) is 4. The highest BCUT2D eigenvalue weighted by atomic mass is 16.5. The van der Waals surface area contributed by atoms with Crippen LogP contribution in [0.1, 0.15) is 11.1 Å². The second-order valence-corrected chi connectivity index (χ2v) is 7.43. The molecule has 0 saturated carbocycles. The molecule has 2 bridgehead atoms. The van der Waals surface area contributed by atoms with Gasteiger partial charge in [-0.15, -0.1) is 0 Å². The molecule has 1 aromatic carbocycles. The molecular weight excluding hydrogens is 332 g/mol. The Kier molecular flexibility index (Phi) is 4.54. The number of piperazine rings is 1. The number of rotatable bonds is 4. The molecule has 0 unspecified atom stereocenters. The quantitative estimate of drug-likeness (QED) is 0.824. The highest BCUT2D eigenvalue weighted by Crippen LogP contribution is 2.40. The first-order valence-electron chi connectivity index (χ1n) is 9.16. The highest BCUT2D eigenvalue weighted by Gasteiger charge is 2.54. The van der Waals surface area contributed by atoms with Crippen LogP contribution < -0.4 is 0 Å².